The topological polar surface area (TPSA) is 50.7 Å². The third-order valence-electron chi connectivity index (χ3n) is 3.43. The molecule has 1 aliphatic carbocycles. The fraction of sp³-hybridized carbons (Fsp3) is 0.400. The first-order chi connectivity index (χ1) is 9.63. The molecule has 4 nitrogen and oxygen atoms in total. The van der Waals surface area contributed by atoms with Gasteiger partial charge in [-0.25, -0.2) is 9.97 Å². The van der Waals surface area contributed by atoms with E-state index in [1.807, 2.05) is 32.0 Å². The van der Waals surface area contributed by atoms with Gasteiger partial charge in [-0.2, -0.15) is 0 Å². The molecule has 2 aromatic heterocycles. The third-order valence-corrected chi connectivity index (χ3v) is 3.80. The van der Waals surface area contributed by atoms with Gasteiger partial charge < -0.3 is 5.32 Å². The van der Waals surface area contributed by atoms with Crippen LogP contribution in [0.4, 0.5) is 5.82 Å². The van der Waals surface area contributed by atoms with Crippen molar-refractivity contribution >= 4 is 17.4 Å². The van der Waals surface area contributed by atoms with Gasteiger partial charge in [0, 0.05) is 17.2 Å². The SMILES string of the molecule is Cc1cccc(CNc2nc(C3CC3)nc(Cl)c2C)n1. The summed E-state index contributed by atoms with van der Waals surface area (Å²) in [5.74, 6) is 2.17. The van der Waals surface area contributed by atoms with E-state index in [2.05, 4.69) is 20.3 Å². The number of halogens is 1. The maximum atomic E-state index is 6.19. The van der Waals surface area contributed by atoms with E-state index in [4.69, 9.17) is 11.6 Å². The molecule has 0 bridgehead atoms. The molecule has 1 N–H and O–H groups in total. The van der Waals surface area contributed by atoms with Gasteiger partial charge in [-0.1, -0.05) is 17.7 Å². The summed E-state index contributed by atoms with van der Waals surface area (Å²) in [6, 6.07) is 6.00. The molecule has 1 saturated carbocycles. The van der Waals surface area contributed by atoms with Gasteiger partial charge in [0.25, 0.3) is 0 Å². The zero-order valence-electron chi connectivity index (χ0n) is 11.7. The van der Waals surface area contributed by atoms with Crippen LogP contribution < -0.4 is 5.32 Å². The molecule has 2 aromatic rings. The summed E-state index contributed by atoms with van der Waals surface area (Å²) in [5.41, 5.74) is 2.90. The van der Waals surface area contributed by atoms with Crippen molar-refractivity contribution in [3.05, 3.63) is 46.1 Å². The lowest BCUT2D eigenvalue weighted by Crippen LogP contribution is -2.08. The minimum atomic E-state index is 0.491. The molecule has 104 valence electrons. The zero-order chi connectivity index (χ0) is 14.1. The van der Waals surface area contributed by atoms with Gasteiger partial charge in [0.15, 0.2) is 0 Å². The number of pyridine rings is 1. The summed E-state index contributed by atoms with van der Waals surface area (Å²) >= 11 is 6.19. The fourth-order valence-electron chi connectivity index (χ4n) is 2.07. The lowest BCUT2D eigenvalue weighted by Gasteiger charge is -2.11. The molecule has 20 heavy (non-hydrogen) atoms. The van der Waals surface area contributed by atoms with Crippen LogP contribution >= 0.6 is 11.6 Å². The molecule has 0 aliphatic heterocycles. The summed E-state index contributed by atoms with van der Waals surface area (Å²) in [5, 5.41) is 3.87. The molecule has 0 spiro atoms. The number of aromatic nitrogens is 3. The Morgan fingerprint density at radius 1 is 1.20 bits per heavy atom. The molecular weight excluding hydrogens is 272 g/mol. The molecule has 0 amide bonds. The van der Waals surface area contributed by atoms with Gasteiger partial charge in [-0.15, -0.1) is 0 Å². The first-order valence-electron chi connectivity index (χ1n) is 6.84. The molecule has 1 fully saturated rings. The van der Waals surface area contributed by atoms with E-state index in [1.165, 1.54) is 0 Å². The number of anilines is 1. The van der Waals surface area contributed by atoms with Crippen molar-refractivity contribution in [2.75, 3.05) is 5.32 Å². The fourth-order valence-corrected chi connectivity index (χ4v) is 2.25. The van der Waals surface area contributed by atoms with Gasteiger partial charge >= 0.3 is 0 Å². The number of nitrogens with zero attached hydrogens (tertiary/aromatic N) is 3. The largest absolute Gasteiger partial charge is 0.364 e. The molecule has 5 heteroatoms. The van der Waals surface area contributed by atoms with Crippen LogP contribution in [0.5, 0.6) is 0 Å². The van der Waals surface area contributed by atoms with Crippen LogP contribution in [0.2, 0.25) is 5.15 Å². The van der Waals surface area contributed by atoms with Crippen LogP contribution in [0.15, 0.2) is 18.2 Å². The lowest BCUT2D eigenvalue weighted by molar-refractivity contribution is 0.906. The van der Waals surface area contributed by atoms with Gasteiger partial charge in [0.1, 0.15) is 16.8 Å². The highest BCUT2D eigenvalue weighted by molar-refractivity contribution is 6.30. The Balaban J connectivity index is 1.79. The normalized spacial score (nSPS) is 14.3. The maximum Gasteiger partial charge on any atom is 0.137 e. The lowest BCUT2D eigenvalue weighted by atomic mass is 10.3. The summed E-state index contributed by atoms with van der Waals surface area (Å²) in [6.07, 6.45) is 2.33. The van der Waals surface area contributed by atoms with Crippen molar-refractivity contribution in [3.8, 4) is 0 Å². The Morgan fingerprint density at radius 3 is 2.70 bits per heavy atom. The Kier molecular flexibility index (Phi) is 3.57. The summed E-state index contributed by atoms with van der Waals surface area (Å²) in [7, 11) is 0. The van der Waals surface area contributed by atoms with Crippen LogP contribution in [0, 0.1) is 13.8 Å². The van der Waals surface area contributed by atoms with Gasteiger partial charge in [-0.3, -0.25) is 4.98 Å². The quantitative estimate of drug-likeness (QED) is 0.873. The van der Waals surface area contributed by atoms with Gasteiger partial charge in [0.05, 0.1) is 12.2 Å². The summed E-state index contributed by atoms with van der Waals surface area (Å²) in [4.78, 5) is 13.4. The van der Waals surface area contributed by atoms with Crippen LogP contribution in [0.3, 0.4) is 0 Å². The molecule has 0 saturated heterocycles. The highest BCUT2D eigenvalue weighted by atomic mass is 35.5. The summed E-state index contributed by atoms with van der Waals surface area (Å²) < 4.78 is 0. The number of hydrogen-bond donors (Lipinski definition) is 1. The Morgan fingerprint density at radius 2 is 2.00 bits per heavy atom. The standard InChI is InChI=1S/C15H17ClN4/c1-9-4-3-5-12(18-9)8-17-14-10(2)13(16)19-15(20-14)11-6-7-11/h3-5,11H,6-8H2,1-2H3,(H,17,19,20). The second kappa shape index (κ2) is 5.37. The van der Waals surface area contributed by atoms with Crippen molar-refractivity contribution in [1.82, 2.24) is 15.0 Å². The van der Waals surface area contributed by atoms with Gasteiger partial charge in [-0.05, 0) is 38.8 Å². The van der Waals surface area contributed by atoms with Gasteiger partial charge in [0.2, 0.25) is 0 Å². The van der Waals surface area contributed by atoms with Crippen molar-refractivity contribution < 1.29 is 0 Å². The van der Waals surface area contributed by atoms with Crippen molar-refractivity contribution in [1.29, 1.82) is 0 Å². The predicted octanol–water partition coefficient (Wildman–Crippen LogP) is 3.63. The van der Waals surface area contributed by atoms with E-state index in [1.54, 1.807) is 0 Å². The second-order valence-corrected chi connectivity index (χ2v) is 5.60. The van der Waals surface area contributed by atoms with E-state index >= 15 is 0 Å². The zero-order valence-corrected chi connectivity index (χ0v) is 12.4. The van der Waals surface area contributed by atoms with Crippen LogP contribution in [-0.2, 0) is 6.54 Å². The van der Waals surface area contributed by atoms with Crippen LogP contribution in [0.1, 0.15) is 41.5 Å². The average molecular weight is 289 g/mol. The monoisotopic (exact) mass is 288 g/mol. The molecule has 1 aliphatic rings. The maximum absolute atomic E-state index is 6.19. The van der Waals surface area contributed by atoms with E-state index in [-0.39, 0.29) is 0 Å². The Labute approximate surface area is 123 Å². The molecule has 0 atom stereocenters. The molecule has 0 unspecified atom stereocenters. The minimum Gasteiger partial charge on any atom is -0.364 e. The van der Waals surface area contributed by atoms with E-state index in [0.29, 0.717) is 17.6 Å². The van der Waals surface area contributed by atoms with E-state index < -0.39 is 0 Å². The third kappa shape index (κ3) is 2.90. The molecule has 0 aromatic carbocycles. The highest BCUT2D eigenvalue weighted by Crippen LogP contribution is 2.39. The van der Waals surface area contributed by atoms with Crippen molar-refractivity contribution in [3.63, 3.8) is 0 Å². The van der Waals surface area contributed by atoms with Crippen LogP contribution in [0.25, 0.3) is 0 Å². The predicted molar refractivity (Wildman–Crippen MR) is 80.1 cm³/mol. The number of nitrogens with one attached hydrogen (secondary N) is 1. The molecule has 3 rings (SSSR count). The Hall–Kier alpha value is -1.68. The molecule has 0 radical (unpaired) electrons. The van der Waals surface area contributed by atoms with Crippen molar-refractivity contribution in [2.24, 2.45) is 0 Å². The summed E-state index contributed by atoms with van der Waals surface area (Å²) in [6.45, 7) is 4.56. The van der Waals surface area contributed by atoms with E-state index in [9.17, 15) is 0 Å². The number of rotatable bonds is 4. The van der Waals surface area contributed by atoms with Crippen molar-refractivity contribution in [2.45, 2.75) is 39.2 Å². The van der Waals surface area contributed by atoms with Crippen LogP contribution in [-0.4, -0.2) is 15.0 Å². The second-order valence-electron chi connectivity index (χ2n) is 5.24. The minimum absolute atomic E-state index is 0.491. The smallest absolute Gasteiger partial charge is 0.137 e. The highest BCUT2D eigenvalue weighted by Gasteiger charge is 2.27. The molecular formula is C15H17ClN4. The molecule has 2 heterocycles. The average Bonchev–Trinajstić information content (AvgIpc) is 3.25. The number of hydrogen-bond acceptors (Lipinski definition) is 4. The first-order valence-corrected chi connectivity index (χ1v) is 7.21. The number of aryl methyl sites for hydroxylation is 1. The Bertz CT molecular complexity index is 638. The first kappa shape index (κ1) is 13.3. The van der Waals surface area contributed by atoms with E-state index in [0.717, 1.165) is 41.4 Å².